The van der Waals surface area contributed by atoms with Gasteiger partial charge in [0.1, 0.15) is 5.82 Å². The van der Waals surface area contributed by atoms with Gasteiger partial charge in [-0.05, 0) is 24.6 Å². The third kappa shape index (κ3) is 2.41. The van der Waals surface area contributed by atoms with Gasteiger partial charge in [0, 0.05) is 23.2 Å². The average Bonchev–Trinajstić information content (AvgIpc) is 2.70. The Hall–Kier alpha value is -1.30. The van der Waals surface area contributed by atoms with Crippen LogP contribution in [0.15, 0.2) is 27.5 Å². The first kappa shape index (κ1) is 12.7. The molecule has 1 aliphatic rings. The Balaban J connectivity index is 2.07. The highest BCUT2D eigenvalue weighted by molar-refractivity contribution is 9.10. The van der Waals surface area contributed by atoms with Crippen LogP contribution >= 0.6 is 15.9 Å². The third-order valence-corrected chi connectivity index (χ3v) is 3.97. The molecule has 1 aromatic carbocycles. The predicted molar refractivity (Wildman–Crippen MR) is 71.6 cm³/mol. The van der Waals surface area contributed by atoms with Gasteiger partial charge in [-0.2, -0.15) is 0 Å². The largest absolute Gasteiger partial charge is 0.310 e. The number of hydrogen-bond donors (Lipinski definition) is 1. The minimum atomic E-state index is -2.64. The summed E-state index contributed by atoms with van der Waals surface area (Å²) < 4.78 is 27.2. The van der Waals surface area contributed by atoms with Crippen molar-refractivity contribution in [1.82, 2.24) is 9.97 Å². The topological polar surface area (TPSA) is 45.8 Å². The van der Waals surface area contributed by atoms with Gasteiger partial charge in [0.15, 0.2) is 0 Å². The smallest absolute Gasteiger partial charge is 0.258 e. The van der Waals surface area contributed by atoms with E-state index in [2.05, 4.69) is 25.9 Å². The first-order chi connectivity index (χ1) is 8.94. The zero-order valence-electron chi connectivity index (χ0n) is 9.92. The molecule has 0 spiro atoms. The van der Waals surface area contributed by atoms with Crippen LogP contribution in [-0.4, -0.2) is 15.9 Å². The average molecular weight is 329 g/mol. The molecule has 0 aliphatic heterocycles. The molecule has 2 aromatic rings. The fourth-order valence-corrected chi connectivity index (χ4v) is 2.87. The summed E-state index contributed by atoms with van der Waals surface area (Å²) in [7, 11) is 0. The number of hydrogen-bond acceptors (Lipinski definition) is 2. The number of rotatable bonds is 1. The molecule has 1 heterocycles. The van der Waals surface area contributed by atoms with Crippen LogP contribution in [0.2, 0.25) is 0 Å². The van der Waals surface area contributed by atoms with Gasteiger partial charge >= 0.3 is 0 Å². The minimum absolute atomic E-state index is 0.139. The standard InChI is InChI=1S/C13H11BrF2N2O/c14-8-1-2-10-9(5-8)12(19)18-11(17-10)7-3-4-13(15,16)6-7/h1-2,5,7H,3-4,6H2,(H,17,18,19)/t7-/m0/s1. The normalized spacial score (nSPS) is 21.9. The van der Waals surface area contributed by atoms with Gasteiger partial charge in [0.05, 0.1) is 10.9 Å². The molecule has 0 unspecified atom stereocenters. The monoisotopic (exact) mass is 328 g/mol. The molecule has 0 saturated heterocycles. The molecule has 1 fully saturated rings. The summed E-state index contributed by atoms with van der Waals surface area (Å²) in [5, 5.41) is 0.461. The molecule has 3 nitrogen and oxygen atoms in total. The van der Waals surface area contributed by atoms with Crippen LogP contribution in [0.3, 0.4) is 0 Å². The van der Waals surface area contributed by atoms with Crippen molar-refractivity contribution in [2.24, 2.45) is 0 Å². The molecule has 6 heteroatoms. The molecular formula is C13H11BrF2N2O. The Morgan fingerprint density at radius 1 is 1.42 bits per heavy atom. The summed E-state index contributed by atoms with van der Waals surface area (Å²) in [6.45, 7) is 0. The number of H-pyrrole nitrogens is 1. The molecule has 1 aliphatic carbocycles. The van der Waals surface area contributed by atoms with Gasteiger partial charge in [-0.3, -0.25) is 4.79 Å². The van der Waals surface area contributed by atoms with Crippen LogP contribution in [0.25, 0.3) is 10.9 Å². The number of aromatic nitrogens is 2. The highest BCUT2D eigenvalue weighted by Gasteiger charge is 2.41. The fourth-order valence-electron chi connectivity index (χ4n) is 2.51. The van der Waals surface area contributed by atoms with E-state index in [9.17, 15) is 13.6 Å². The number of fused-ring (bicyclic) bond motifs is 1. The quantitative estimate of drug-likeness (QED) is 0.869. The summed E-state index contributed by atoms with van der Waals surface area (Å²) in [4.78, 5) is 18.9. The molecule has 3 rings (SSSR count). The van der Waals surface area contributed by atoms with Crippen molar-refractivity contribution in [2.45, 2.75) is 31.1 Å². The molecule has 1 aromatic heterocycles. The van der Waals surface area contributed by atoms with Gasteiger partial charge in [-0.15, -0.1) is 0 Å². The number of benzene rings is 1. The summed E-state index contributed by atoms with van der Waals surface area (Å²) >= 11 is 3.29. The second-order valence-electron chi connectivity index (χ2n) is 4.91. The highest BCUT2D eigenvalue weighted by Crippen LogP contribution is 2.43. The molecule has 1 N–H and O–H groups in total. The van der Waals surface area contributed by atoms with E-state index < -0.39 is 5.92 Å². The van der Waals surface area contributed by atoms with Crippen molar-refractivity contribution in [3.8, 4) is 0 Å². The molecule has 0 radical (unpaired) electrons. The lowest BCUT2D eigenvalue weighted by Gasteiger charge is -2.10. The second-order valence-corrected chi connectivity index (χ2v) is 5.82. The molecular weight excluding hydrogens is 318 g/mol. The first-order valence-corrected chi connectivity index (χ1v) is 6.81. The molecule has 0 amide bonds. The van der Waals surface area contributed by atoms with E-state index in [1.807, 2.05) is 0 Å². The van der Waals surface area contributed by atoms with E-state index >= 15 is 0 Å². The molecule has 1 saturated carbocycles. The Morgan fingerprint density at radius 2 is 2.21 bits per heavy atom. The van der Waals surface area contributed by atoms with E-state index in [0.29, 0.717) is 23.1 Å². The van der Waals surface area contributed by atoms with E-state index in [1.54, 1.807) is 18.2 Å². The molecule has 100 valence electrons. The molecule has 0 bridgehead atoms. The maximum atomic E-state index is 13.2. The SMILES string of the molecule is O=c1[nH]c([C@H]2CCC(F)(F)C2)nc2ccc(Br)cc12. The highest BCUT2D eigenvalue weighted by atomic mass is 79.9. The van der Waals surface area contributed by atoms with Crippen molar-refractivity contribution >= 4 is 26.8 Å². The lowest BCUT2D eigenvalue weighted by atomic mass is 10.1. The Morgan fingerprint density at radius 3 is 2.89 bits per heavy atom. The van der Waals surface area contributed by atoms with Gasteiger partial charge < -0.3 is 4.98 Å². The lowest BCUT2D eigenvalue weighted by Crippen LogP contribution is -2.15. The lowest BCUT2D eigenvalue weighted by molar-refractivity contribution is 0.00754. The van der Waals surface area contributed by atoms with E-state index in [-0.39, 0.29) is 24.3 Å². The zero-order chi connectivity index (χ0) is 13.6. The van der Waals surface area contributed by atoms with Gasteiger partial charge in [-0.25, -0.2) is 13.8 Å². The van der Waals surface area contributed by atoms with Crippen molar-refractivity contribution in [1.29, 1.82) is 0 Å². The number of aromatic amines is 1. The van der Waals surface area contributed by atoms with E-state index in [1.165, 1.54) is 0 Å². The summed E-state index contributed by atoms with van der Waals surface area (Å²) in [5.41, 5.74) is 0.258. The predicted octanol–water partition coefficient (Wildman–Crippen LogP) is 3.59. The van der Waals surface area contributed by atoms with Crippen molar-refractivity contribution < 1.29 is 8.78 Å². The number of halogens is 3. The van der Waals surface area contributed by atoms with E-state index in [0.717, 1.165) is 4.47 Å². The third-order valence-electron chi connectivity index (χ3n) is 3.48. The van der Waals surface area contributed by atoms with Crippen LogP contribution < -0.4 is 5.56 Å². The minimum Gasteiger partial charge on any atom is -0.310 e. The van der Waals surface area contributed by atoms with Gasteiger partial charge in [-0.1, -0.05) is 15.9 Å². The summed E-state index contributed by atoms with van der Waals surface area (Å²) in [5.74, 6) is -2.63. The van der Waals surface area contributed by atoms with Crippen LogP contribution in [0.1, 0.15) is 31.0 Å². The Kier molecular flexibility index (Phi) is 2.92. The van der Waals surface area contributed by atoms with Crippen molar-refractivity contribution in [2.75, 3.05) is 0 Å². The second kappa shape index (κ2) is 4.37. The Bertz CT molecular complexity index is 699. The van der Waals surface area contributed by atoms with Crippen molar-refractivity contribution in [3.63, 3.8) is 0 Å². The summed E-state index contributed by atoms with van der Waals surface area (Å²) in [6, 6.07) is 5.17. The van der Waals surface area contributed by atoms with Crippen molar-refractivity contribution in [3.05, 3.63) is 38.9 Å². The number of alkyl halides is 2. The zero-order valence-corrected chi connectivity index (χ0v) is 11.5. The van der Waals surface area contributed by atoms with Gasteiger partial charge in [0.25, 0.3) is 5.56 Å². The maximum Gasteiger partial charge on any atom is 0.258 e. The van der Waals surface area contributed by atoms with Crippen LogP contribution in [-0.2, 0) is 0 Å². The molecule has 19 heavy (non-hydrogen) atoms. The van der Waals surface area contributed by atoms with E-state index in [4.69, 9.17) is 0 Å². The first-order valence-electron chi connectivity index (χ1n) is 6.02. The van der Waals surface area contributed by atoms with Crippen LogP contribution in [0, 0.1) is 0 Å². The Labute approximate surface area is 116 Å². The van der Waals surface area contributed by atoms with Gasteiger partial charge in [0.2, 0.25) is 5.92 Å². The maximum absolute atomic E-state index is 13.2. The summed E-state index contributed by atoms with van der Waals surface area (Å²) in [6.07, 6.45) is -0.0182. The number of nitrogens with one attached hydrogen (secondary N) is 1. The number of nitrogens with zero attached hydrogens (tertiary/aromatic N) is 1. The van der Waals surface area contributed by atoms with Crippen LogP contribution in [0.4, 0.5) is 8.78 Å². The van der Waals surface area contributed by atoms with Crippen LogP contribution in [0.5, 0.6) is 0 Å². The fraction of sp³-hybridized carbons (Fsp3) is 0.385. The molecule has 1 atom stereocenters.